The van der Waals surface area contributed by atoms with Crippen molar-refractivity contribution in [3.05, 3.63) is 28.8 Å². The molecule has 3 N–H and O–H groups in total. The highest BCUT2D eigenvalue weighted by Crippen LogP contribution is 2.17. The summed E-state index contributed by atoms with van der Waals surface area (Å²) < 4.78 is 37.3. The van der Waals surface area contributed by atoms with Crippen molar-refractivity contribution in [2.75, 3.05) is 12.5 Å². The van der Waals surface area contributed by atoms with Crippen LogP contribution < -0.4 is 15.6 Å². The fourth-order valence-corrected chi connectivity index (χ4v) is 1.10. The molecule has 0 aromatic carbocycles. The summed E-state index contributed by atoms with van der Waals surface area (Å²) in [6, 6.07) is 1.22. The zero-order valence-corrected chi connectivity index (χ0v) is 9.65. The second-order valence-electron chi connectivity index (χ2n) is 2.93. The smallest absolute Gasteiger partial charge is 0.388 e. The Morgan fingerprint density at radius 3 is 2.68 bits per heavy atom. The third-order valence-corrected chi connectivity index (χ3v) is 1.69. The molecule has 2 aromatic rings. The Bertz CT molecular complexity index is 557. The standard InChI is InChI=1S/C8H7F2N5O2.CH3F/c9-8(10)17-7-1-4(14-15-7)12-5-2-11-3-6(16)13-5;1-2/h1-3,8H,(H3,12,13,14,15,16);1H3. The average molecular weight is 277 g/mol. The quantitative estimate of drug-likeness (QED) is 0.785. The summed E-state index contributed by atoms with van der Waals surface area (Å²) in [7, 11) is 0.500. The monoisotopic (exact) mass is 277 g/mol. The highest BCUT2D eigenvalue weighted by atomic mass is 19.3. The first kappa shape index (κ1) is 14.5. The van der Waals surface area contributed by atoms with Gasteiger partial charge in [0.05, 0.1) is 19.6 Å². The molecule has 0 atom stereocenters. The van der Waals surface area contributed by atoms with Crippen LogP contribution in [0.4, 0.5) is 24.8 Å². The minimum absolute atomic E-state index is 0.256. The van der Waals surface area contributed by atoms with Crippen molar-refractivity contribution in [3.8, 4) is 5.88 Å². The van der Waals surface area contributed by atoms with Gasteiger partial charge < -0.3 is 15.0 Å². The van der Waals surface area contributed by atoms with Crippen molar-refractivity contribution in [2.24, 2.45) is 0 Å². The molecular formula is C9H10F3N5O2. The number of hydrogen-bond acceptors (Lipinski definition) is 5. The van der Waals surface area contributed by atoms with Crippen LogP contribution in [-0.4, -0.2) is 34.0 Å². The van der Waals surface area contributed by atoms with Gasteiger partial charge in [-0.25, -0.2) is 0 Å². The molecule has 0 aliphatic heterocycles. The van der Waals surface area contributed by atoms with E-state index in [0.717, 1.165) is 6.20 Å². The van der Waals surface area contributed by atoms with E-state index in [1.807, 2.05) is 0 Å². The molecule has 0 bridgehead atoms. The lowest BCUT2D eigenvalue weighted by Gasteiger charge is -2.00. The Labute approximate surface area is 104 Å². The maximum absolute atomic E-state index is 11.9. The van der Waals surface area contributed by atoms with Crippen LogP contribution in [0.1, 0.15) is 0 Å². The average Bonchev–Trinajstić information content (AvgIpc) is 2.78. The van der Waals surface area contributed by atoms with Crippen LogP contribution in [0.15, 0.2) is 23.3 Å². The lowest BCUT2D eigenvalue weighted by atomic mass is 10.5. The number of ether oxygens (including phenoxy) is 1. The summed E-state index contributed by atoms with van der Waals surface area (Å²) in [5.74, 6) is 0.322. The van der Waals surface area contributed by atoms with Crippen LogP contribution in [0, 0.1) is 0 Å². The van der Waals surface area contributed by atoms with Gasteiger partial charge in [0.25, 0.3) is 5.56 Å². The second-order valence-corrected chi connectivity index (χ2v) is 2.93. The van der Waals surface area contributed by atoms with E-state index < -0.39 is 12.2 Å². The minimum Gasteiger partial charge on any atom is -0.415 e. The third-order valence-electron chi connectivity index (χ3n) is 1.69. The molecule has 0 unspecified atom stereocenters. The van der Waals surface area contributed by atoms with Gasteiger partial charge in [0.15, 0.2) is 0 Å². The van der Waals surface area contributed by atoms with Gasteiger partial charge in [-0.2, -0.15) is 8.78 Å². The van der Waals surface area contributed by atoms with Gasteiger partial charge in [-0.1, -0.05) is 0 Å². The molecule has 0 radical (unpaired) electrons. The molecule has 0 saturated carbocycles. The normalized spacial score (nSPS) is 9.74. The van der Waals surface area contributed by atoms with E-state index in [2.05, 4.69) is 30.2 Å². The number of nitrogens with zero attached hydrogens (tertiary/aromatic N) is 2. The first-order valence-corrected chi connectivity index (χ1v) is 4.83. The topological polar surface area (TPSA) is 95.7 Å². The summed E-state index contributed by atoms with van der Waals surface area (Å²) in [5, 5.41) is 8.56. The fraction of sp³-hybridized carbons (Fsp3) is 0.222. The molecule has 0 fully saturated rings. The first-order valence-electron chi connectivity index (χ1n) is 4.83. The number of H-pyrrole nitrogens is 2. The summed E-state index contributed by atoms with van der Waals surface area (Å²) >= 11 is 0. The van der Waals surface area contributed by atoms with Gasteiger partial charge >= 0.3 is 6.61 Å². The maximum atomic E-state index is 11.9. The molecule has 2 aromatic heterocycles. The van der Waals surface area contributed by atoms with Crippen molar-refractivity contribution < 1.29 is 17.9 Å². The minimum atomic E-state index is -2.94. The zero-order chi connectivity index (χ0) is 14.3. The number of nitrogens with one attached hydrogen (secondary N) is 3. The predicted octanol–water partition coefficient (Wildman–Crippen LogP) is 1.42. The van der Waals surface area contributed by atoms with Crippen LogP contribution in [0.5, 0.6) is 5.88 Å². The van der Waals surface area contributed by atoms with Gasteiger partial charge in [0, 0.05) is 6.07 Å². The number of alkyl halides is 3. The van der Waals surface area contributed by atoms with E-state index in [4.69, 9.17) is 0 Å². The highest BCUT2D eigenvalue weighted by molar-refractivity contribution is 5.51. The van der Waals surface area contributed by atoms with E-state index in [9.17, 15) is 18.0 Å². The Hall–Kier alpha value is -2.52. The Morgan fingerprint density at radius 1 is 1.32 bits per heavy atom. The lowest BCUT2D eigenvalue weighted by molar-refractivity contribution is -0.0528. The van der Waals surface area contributed by atoms with E-state index >= 15 is 0 Å². The fourth-order valence-electron chi connectivity index (χ4n) is 1.10. The van der Waals surface area contributed by atoms with Crippen molar-refractivity contribution in [3.63, 3.8) is 0 Å². The van der Waals surface area contributed by atoms with E-state index in [-0.39, 0.29) is 11.7 Å². The number of aromatic nitrogens is 4. The third kappa shape index (κ3) is 4.69. The first-order chi connectivity index (χ1) is 9.13. The van der Waals surface area contributed by atoms with Gasteiger partial charge in [0.1, 0.15) is 11.6 Å². The van der Waals surface area contributed by atoms with Crippen molar-refractivity contribution in [1.29, 1.82) is 0 Å². The molecule has 7 nitrogen and oxygen atoms in total. The van der Waals surface area contributed by atoms with Crippen LogP contribution >= 0.6 is 0 Å². The van der Waals surface area contributed by atoms with Gasteiger partial charge in [0.2, 0.25) is 5.88 Å². The number of halogens is 3. The van der Waals surface area contributed by atoms with Crippen molar-refractivity contribution in [2.45, 2.75) is 6.61 Å². The number of aromatic amines is 2. The van der Waals surface area contributed by atoms with E-state index in [1.54, 1.807) is 0 Å². The van der Waals surface area contributed by atoms with E-state index in [1.165, 1.54) is 12.3 Å². The summed E-state index contributed by atoms with van der Waals surface area (Å²) in [6.07, 6.45) is 2.46. The van der Waals surface area contributed by atoms with Gasteiger partial charge in [-0.3, -0.25) is 19.3 Å². The molecule has 0 saturated heterocycles. The Morgan fingerprint density at radius 2 is 2.05 bits per heavy atom. The molecule has 0 aliphatic carbocycles. The van der Waals surface area contributed by atoms with Crippen LogP contribution in [0.2, 0.25) is 0 Å². The Kier molecular flexibility index (Phi) is 5.38. The predicted molar refractivity (Wildman–Crippen MR) is 60.4 cm³/mol. The van der Waals surface area contributed by atoms with Gasteiger partial charge in [-0.05, 0) is 0 Å². The molecule has 19 heavy (non-hydrogen) atoms. The molecule has 0 amide bonds. The molecule has 2 rings (SSSR count). The largest absolute Gasteiger partial charge is 0.415 e. The highest BCUT2D eigenvalue weighted by Gasteiger charge is 2.08. The Balaban J connectivity index is 0.000000861. The van der Waals surface area contributed by atoms with Crippen molar-refractivity contribution >= 4 is 11.6 Å². The summed E-state index contributed by atoms with van der Waals surface area (Å²) in [6.45, 7) is -2.94. The zero-order valence-electron chi connectivity index (χ0n) is 9.65. The molecule has 2 heterocycles. The van der Waals surface area contributed by atoms with Crippen LogP contribution in [0.3, 0.4) is 0 Å². The SMILES string of the molecule is CF.O=c1cncc(Nc2cc(OC(F)F)n[nH]2)[nH]1. The maximum Gasteiger partial charge on any atom is 0.388 e. The van der Waals surface area contributed by atoms with Gasteiger partial charge in [-0.15, -0.1) is 5.10 Å². The molecule has 104 valence electrons. The molecule has 0 spiro atoms. The van der Waals surface area contributed by atoms with Crippen molar-refractivity contribution in [1.82, 2.24) is 20.2 Å². The molecule has 10 heteroatoms. The molecule has 0 aliphatic rings. The van der Waals surface area contributed by atoms with E-state index in [0.29, 0.717) is 13.0 Å². The second kappa shape index (κ2) is 7.03. The number of anilines is 2. The summed E-state index contributed by atoms with van der Waals surface area (Å²) in [4.78, 5) is 17.0. The number of rotatable bonds is 4. The molecular weight excluding hydrogens is 267 g/mol. The summed E-state index contributed by atoms with van der Waals surface area (Å²) in [5.41, 5.74) is -0.390. The lowest BCUT2D eigenvalue weighted by Crippen LogP contribution is -2.07. The number of hydrogen-bond donors (Lipinski definition) is 3. The van der Waals surface area contributed by atoms with Crippen LogP contribution in [-0.2, 0) is 0 Å². The van der Waals surface area contributed by atoms with Crippen LogP contribution in [0.25, 0.3) is 0 Å².